The Hall–Kier alpha value is -2.14. The minimum atomic E-state index is 0.0175. The molecule has 5 heteroatoms. The van der Waals surface area contributed by atoms with Gasteiger partial charge in [-0.2, -0.15) is 0 Å². The maximum atomic E-state index is 12.6. The summed E-state index contributed by atoms with van der Waals surface area (Å²) in [4.78, 5) is 29.1. The van der Waals surface area contributed by atoms with Crippen molar-refractivity contribution in [3.05, 3.63) is 42.0 Å². The van der Waals surface area contributed by atoms with Crippen LogP contribution >= 0.6 is 0 Å². The minimum absolute atomic E-state index is 0.0175. The second-order valence-corrected chi connectivity index (χ2v) is 8.24. The molecular weight excluding hydrogens is 338 g/mol. The van der Waals surface area contributed by atoms with Gasteiger partial charge >= 0.3 is 0 Å². The summed E-state index contributed by atoms with van der Waals surface area (Å²) in [5.41, 5.74) is 1.23. The van der Waals surface area contributed by atoms with E-state index in [0.29, 0.717) is 13.0 Å². The minimum Gasteiger partial charge on any atom is -0.341 e. The van der Waals surface area contributed by atoms with Crippen LogP contribution in [0, 0.1) is 5.41 Å². The third kappa shape index (κ3) is 4.08. The molecule has 0 unspecified atom stereocenters. The van der Waals surface area contributed by atoms with Crippen LogP contribution in [0.1, 0.15) is 37.7 Å². The molecule has 0 aliphatic carbocycles. The predicted molar refractivity (Wildman–Crippen MR) is 106 cm³/mol. The molecule has 1 atom stereocenters. The monoisotopic (exact) mass is 367 g/mol. The van der Waals surface area contributed by atoms with Crippen LogP contribution in [0.5, 0.6) is 0 Å². The van der Waals surface area contributed by atoms with Gasteiger partial charge < -0.3 is 15.1 Å². The van der Waals surface area contributed by atoms with Crippen molar-refractivity contribution in [1.82, 2.24) is 15.1 Å². The zero-order valence-electron chi connectivity index (χ0n) is 15.9. The summed E-state index contributed by atoms with van der Waals surface area (Å²) in [6.07, 6.45) is 8.72. The first-order valence-electron chi connectivity index (χ1n) is 10.2. The van der Waals surface area contributed by atoms with Crippen molar-refractivity contribution < 1.29 is 9.59 Å². The average Bonchev–Trinajstić information content (AvgIpc) is 3.32. The first-order chi connectivity index (χ1) is 13.2. The third-order valence-electron chi connectivity index (χ3n) is 6.34. The van der Waals surface area contributed by atoms with Crippen LogP contribution in [0.15, 0.2) is 36.4 Å². The lowest BCUT2D eigenvalue weighted by Gasteiger charge is -2.39. The van der Waals surface area contributed by atoms with Gasteiger partial charge in [-0.25, -0.2) is 0 Å². The fourth-order valence-electron chi connectivity index (χ4n) is 4.68. The smallest absolute Gasteiger partial charge is 0.239 e. The van der Waals surface area contributed by atoms with Crippen molar-refractivity contribution >= 4 is 17.9 Å². The second kappa shape index (κ2) is 7.85. The molecule has 1 aromatic rings. The first-order valence-corrected chi connectivity index (χ1v) is 10.2. The lowest BCUT2D eigenvalue weighted by molar-refractivity contribution is -0.135. The molecule has 0 bridgehead atoms. The number of piperidine rings is 1. The van der Waals surface area contributed by atoms with E-state index in [1.165, 1.54) is 0 Å². The van der Waals surface area contributed by atoms with Gasteiger partial charge in [-0.1, -0.05) is 42.5 Å². The maximum absolute atomic E-state index is 12.6. The zero-order chi connectivity index (χ0) is 18.7. The van der Waals surface area contributed by atoms with E-state index in [-0.39, 0.29) is 23.3 Å². The number of benzene rings is 1. The van der Waals surface area contributed by atoms with Crippen LogP contribution < -0.4 is 5.32 Å². The van der Waals surface area contributed by atoms with Gasteiger partial charge in [-0.3, -0.25) is 9.59 Å². The van der Waals surface area contributed by atoms with Crippen LogP contribution in [-0.4, -0.2) is 60.4 Å². The summed E-state index contributed by atoms with van der Waals surface area (Å²) >= 11 is 0. The molecule has 3 aliphatic heterocycles. The van der Waals surface area contributed by atoms with Gasteiger partial charge in [0.2, 0.25) is 11.8 Å². The van der Waals surface area contributed by atoms with Crippen LogP contribution in [0.25, 0.3) is 6.08 Å². The number of hydrogen-bond donors (Lipinski definition) is 1. The number of nitrogens with zero attached hydrogens (tertiary/aromatic N) is 2. The number of carbonyl (C=O) groups excluding carboxylic acids is 2. The van der Waals surface area contributed by atoms with Gasteiger partial charge in [0.25, 0.3) is 0 Å². The largest absolute Gasteiger partial charge is 0.341 e. The Labute approximate surface area is 161 Å². The molecule has 0 radical (unpaired) electrons. The average molecular weight is 367 g/mol. The maximum Gasteiger partial charge on any atom is 0.239 e. The Morgan fingerprint density at radius 2 is 2.00 bits per heavy atom. The van der Waals surface area contributed by atoms with Crippen molar-refractivity contribution in [2.75, 3.05) is 32.7 Å². The Bertz CT molecular complexity index is 702. The Morgan fingerprint density at radius 1 is 1.22 bits per heavy atom. The molecule has 27 heavy (non-hydrogen) atoms. The number of nitrogens with one attached hydrogen (secondary N) is 1. The topological polar surface area (TPSA) is 52.7 Å². The summed E-state index contributed by atoms with van der Waals surface area (Å²) in [6, 6.07) is 10.2. The Balaban J connectivity index is 1.30. The normalized spacial score (nSPS) is 25.0. The van der Waals surface area contributed by atoms with E-state index >= 15 is 0 Å². The second-order valence-electron chi connectivity index (χ2n) is 8.24. The number of amides is 2. The molecule has 3 saturated heterocycles. The molecule has 0 aromatic heterocycles. The molecule has 0 saturated carbocycles. The molecule has 1 aromatic carbocycles. The van der Waals surface area contributed by atoms with Gasteiger partial charge in [0, 0.05) is 38.0 Å². The standard InChI is InChI=1S/C22H29N3O2/c26-20-16-22(17-25(20)13-5-8-18-6-2-1-3-7-18)10-14-24(15-11-22)21(27)19-9-4-12-23-19/h1-3,5-8,19,23H,4,9-17H2/t19-/m0/s1. The Morgan fingerprint density at radius 3 is 2.70 bits per heavy atom. The Kier molecular flexibility index (Phi) is 5.30. The number of rotatable bonds is 4. The SMILES string of the molecule is O=C1CC2(CCN(C(=O)[C@@H]3CCCN3)CC2)CN1CC=Cc1ccccc1. The highest BCUT2D eigenvalue weighted by Gasteiger charge is 2.45. The van der Waals surface area contributed by atoms with Gasteiger partial charge in [-0.15, -0.1) is 0 Å². The van der Waals surface area contributed by atoms with E-state index < -0.39 is 0 Å². The number of hydrogen-bond acceptors (Lipinski definition) is 3. The number of likely N-dealkylation sites (tertiary alicyclic amines) is 2. The highest BCUT2D eigenvalue weighted by molar-refractivity contribution is 5.83. The summed E-state index contributed by atoms with van der Waals surface area (Å²) in [5.74, 6) is 0.513. The summed E-state index contributed by atoms with van der Waals surface area (Å²) in [7, 11) is 0. The van der Waals surface area contributed by atoms with E-state index in [4.69, 9.17) is 0 Å². The van der Waals surface area contributed by atoms with Crippen LogP contribution in [-0.2, 0) is 9.59 Å². The fraction of sp³-hybridized carbons (Fsp3) is 0.545. The van der Waals surface area contributed by atoms with Gasteiger partial charge in [0.05, 0.1) is 6.04 Å². The molecule has 144 valence electrons. The van der Waals surface area contributed by atoms with Crippen molar-refractivity contribution in [3.8, 4) is 0 Å². The van der Waals surface area contributed by atoms with Crippen molar-refractivity contribution in [1.29, 1.82) is 0 Å². The molecule has 4 rings (SSSR count). The lowest BCUT2D eigenvalue weighted by atomic mass is 9.77. The van der Waals surface area contributed by atoms with Crippen LogP contribution in [0.2, 0.25) is 0 Å². The van der Waals surface area contributed by atoms with Gasteiger partial charge in [0.15, 0.2) is 0 Å². The van der Waals surface area contributed by atoms with Crippen LogP contribution in [0.3, 0.4) is 0 Å². The molecule has 5 nitrogen and oxygen atoms in total. The molecule has 3 heterocycles. The van der Waals surface area contributed by atoms with E-state index in [1.807, 2.05) is 28.0 Å². The van der Waals surface area contributed by atoms with Crippen LogP contribution in [0.4, 0.5) is 0 Å². The lowest BCUT2D eigenvalue weighted by Crippen LogP contribution is -2.49. The van der Waals surface area contributed by atoms with E-state index in [2.05, 4.69) is 29.6 Å². The first kappa shape index (κ1) is 18.2. The van der Waals surface area contributed by atoms with E-state index in [0.717, 1.165) is 57.4 Å². The van der Waals surface area contributed by atoms with Crippen molar-refractivity contribution in [3.63, 3.8) is 0 Å². The summed E-state index contributed by atoms with van der Waals surface area (Å²) < 4.78 is 0. The third-order valence-corrected chi connectivity index (χ3v) is 6.34. The van der Waals surface area contributed by atoms with Crippen molar-refractivity contribution in [2.24, 2.45) is 5.41 Å². The number of carbonyl (C=O) groups is 2. The highest BCUT2D eigenvalue weighted by atomic mass is 16.2. The molecule has 1 N–H and O–H groups in total. The molecule has 1 spiro atoms. The predicted octanol–water partition coefficient (Wildman–Crippen LogP) is 2.29. The quantitative estimate of drug-likeness (QED) is 0.888. The zero-order valence-corrected chi connectivity index (χ0v) is 15.9. The molecule has 2 amide bonds. The molecule has 3 fully saturated rings. The molecular formula is C22H29N3O2. The summed E-state index contributed by atoms with van der Waals surface area (Å²) in [5, 5.41) is 3.30. The highest BCUT2D eigenvalue weighted by Crippen LogP contribution is 2.41. The summed E-state index contributed by atoms with van der Waals surface area (Å²) in [6.45, 7) is 4.03. The van der Waals surface area contributed by atoms with Gasteiger partial charge in [0.1, 0.15) is 0 Å². The van der Waals surface area contributed by atoms with E-state index in [1.54, 1.807) is 0 Å². The molecule has 3 aliphatic rings. The van der Waals surface area contributed by atoms with Gasteiger partial charge in [-0.05, 0) is 37.8 Å². The van der Waals surface area contributed by atoms with Crippen molar-refractivity contribution in [2.45, 2.75) is 38.1 Å². The van der Waals surface area contributed by atoms with E-state index in [9.17, 15) is 9.59 Å². The fourth-order valence-corrected chi connectivity index (χ4v) is 4.68.